The van der Waals surface area contributed by atoms with Crippen LogP contribution in [0.25, 0.3) is 17.2 Å². The molecule has 4 rings (SSSR count). The molecule has 0 saturated carbocycles. The van der Waals surface area contributed by atoms with Crippen LogP contribution in [0.3, 0.4) is 0 Å². The molecule has 0 bridgehead atoms. The van der Waals surface area contributed by atoms with Gasteiger partial charge >= 0.3 is 0 Å². The fourth-order valence-corrected chi connectivity index (χ4v) is 4.43. The van der Waals surface area contributed by atoms with Gasteiger partial charge in [-0.05, 0) is 55.8 Å². The van der Waals surface area contributed by atoms with Gasteiger partial charge in [-0.25, -0.2) is 8.42 Å². The van der Waals surface area contributed by atoms with E-state index < -0.39 is 10.0 Å². The van der Waals surface area contributed by atoms with Crippen molar-refractivity contribution in [1.82, 2.24) is 25.0 Å². The summed E-state index contributed by atoms with van der Waals surface area (Å²) in [6.45, 7) is 3.52. The maximum Gasteiger partial charge on any atom is 0.261 e. The summed E-state index contributed by atoms with van der Waals surface area (Å²) in [5, 5.41) is 16.0. The Labute approximate surface area is 182 Å². The highest BCUT2D eigenvalue weighted by Gasteiger charge is 2.21. The number of halogens is 2. The van der Waals surface area contributed by atoms with Gasteiger partial charge < -0.3 is 0 Å². The highest BCUT2D eigenvalue weighted by molar-refractivity contribution is 7.92. The minimum absolute atomic E-state index is 0.0848. The number of benzene rings is 2. The van der Waals surface area contributed by atoms with E-state index in [1.165, 1.54) is 18.2 Å². The van der Waals surface area contributed by atoms with Gasteiger partial charge in [-0.2, -0.15) is 5.10 Å². The van der Waals surface area contributed by atoms with Gasteiger partial charge in [0, 0.05) is 21.7 Å². The van der Waals surface area contributed by atoms with Crippen molar-refractivity contribution in [3.8, 4) is 17.2 Å². The van der Waals surface area contributed by atoms with Gasteiger partial charge in [-0.15, -0.1) is 10.2 Å². The number of anilines is 1. The van der Waals surface area contributed by atoms with Crippen LogP contribution in [0.15, 0.2) is 53.6 Å². The van der Waals surface area contributed by atoms with Crippen LogP contribution < -0.4 is 4.72 Å². The van der Waals surface area contributed by atoms with Crippen molar-refractivity contribution >= 4 is 38.9 Å². The number of aryl methyl sites for hydroxylation is 2. The average molecular weight is 463 g/mol. The van der Waals surface area contributed by atoms with Gasteiger partial charge in [0.15, 0.2) is 5.82 Å². The molecule has 2 aromatic carbocycles. The van der Waals surface area contributed by atoms with Crippen LogP contribution in [-0.4, -0.2) is 33.4 Å². The summed E-state index contributed by atoms with van der Waals surface area (Å²) in [5.41, 5.74) is 1.42. The molecular formula is C19H16Cl2N6O2S. The van der Waals surface area contributed by atoms with Crippen LogP contribution in [-0.2, 0) is 10.0 Å². The SMILES string of the molecule is Cc1cc(S(=O)(=O)Nc2cc(Cl)ccc2-c2nnc(C)n2-c2ccn[nH]2)ccc1Cl. The molecule has 0 aliphatic heterocycles. The van der Waals surface area contributed by atoms with Crippen molar-refractivity contribution in [2.24, 2.45) is 0 Å². The zero-order valence-corrected chi connectivity index (χ0v) is 18.2. The van der Waals surface area contributed by atoms with Gasteiger partial charge in [-0.3, -0.25) is 14.4 Å². The third kappa shape index (κ3) is 3.79. The molecule has 0 aliphatic rings. The molecule has 0 amide bonds. The zero-order chi connectivity index (χ0) is 21.5. The molecule has 154 valence electrons. The number of hydrogen-bond donors (Lipinski definition) is 2. The highest BCUT2D eigenvalue weighted by atomic mass is 35.5. The molecule has 2 N–H and O–H groups in total. The lowest BCUT2D eigenvalue weighted by Crippen LogP contribution is -2.14. The van der Waals surface area contributed by atoms with Crippen LogP contribution in [0.5, 0.6) is 0 Å². The molecule has 0 spiro atoms. The first-order valence-corrected chi connectivity index (χ1v) is 11.0. The van der Waals surface area contributed by atoms with Gasteiger partial charge in [0.05, 0.1) is 16.8 Å². The first-order valence-electron chi connectivity index (χ1n) is 8.77. The lowest BCUT2D eigenvalue weighted by molar-refractivity contribution is 0.601. The Morgan fingerprint density at radius 3 is 2.53 bits per heavy atom. The first kappa shape index (κ1) is 20.4. The summed E-state index contributed by atoms with van der Waals surface area (Å²) in [4.78, 5) is 0.0848. The summed E-state index contributed by atoms with van der Waals surface area (Å²) < 4.78 is 30.4. The van der Waals surface area contributed by atoms with Crippen molar-refractivity contribution in [2.75, 3.05) is 4.72 Å². The minimum atomic E-state index is -3.90. The second-order valence-corrected chi connectivity index (χ2v) is 9.08. The van der Waals surface area contributed by atoms with Crippen LogP contribution in [0, 0.1) is 13.8 Å². The van der Waals surface area contributed by atoms with Crippen LogP contribution in [0.4, 0.5) is 5.69 Å². The van der Waals surface area contributed by atoms with Gasteiger partial charge in [0.25, 0.3) is 10.0 Å². The van der Waals surface area contributed by atoms with Crippen molar-refractivity contribution in [3.05, 3.63) is 70.1 Å². The largest absolute Gasteiger partial charge is 0.279 e. The summed E-state index contributed by atoms with van der Waals surface area (Å²) in [7, 11) is -3.90. The molecule has 0 unspecified atom stereocenters. The molecular weight excluding hydrogens is 447 g/mol. The Hall–Kier alpha value is -2.88. The standard InChI is InChI=1S/C19H16Cl2N6O2S/c1-11-9-14(4-6-16(11)21)30(28,29)26-17-10-13(20)3-5-15(17)19-25-23-12(2)27(19)18-7-8-22-24-18/h3-10,26H,1-2H3,(H,22,24). The third-order valence-electron chi connectivity index (χ3n) is 4.46. The summed E-state index contributed by atoms with van der Waals surface area (Å²) in [6, 6.07) is 11.1. The number of aromatic amines is 1. The Kier molecular flexibility index (Phi) is 5.27. The molecule has 0 saturated heterocycles. The molecule has 0 aliphatic carbocycles. The molecule has 8 nitrogen and oxygen atoms in total. The molecule has 2 heterocycles. The number of rotatable bonds is 5. The predicted molar refractivity (Wildman–Crippen MR) is 116 cm³/mol. The smallest absolute Gasteiger partial charge is 0.261 e. The second-order valence-electron chi connectivity index (χ2n) is 6.55. The molecule has 30 heavy (non-hydrogen) atoms. The molecule has 4 aromatic rings. The Balaban J connectivity index is 1.82. The average Bonchev–Trinajstić information content (AvgIpc) is 3.33. The lowest BCUT2D eigenvalue weighted by Gasteiger charge is -2.14. The Bertz CT molecular complexity index is 1330. The maximum absolute atomic E-state index is 13.0. The molecule has 0 atom stereocenters. The normalized spacial score (nSPS) is 11.6. The van der Waals surface area contributed by atoms with E-state index in [4.69, 9.17) is 23.2 Å². The van der Waals surface area contributed by atoms with E-state index in [2.05, 4.69) is 25.1 Å². The molecule has 0 fully saturated rings. The number of aromatic nitrogens is 5. The van der Waals surface area contributed by atoms with Crippen LogP contribution >= 0.6 is 23.2 Å². The van der Waals surface area contributed by atoms with E-state index in [0.717, 1.165) is 0 Å². The van der Waals surface area contributed by atoms with Gasteiger partial charge in [0.1, 0.15) is 11.6 Å². The minimum Gasteiger partial charge on any atom is -0.279 e. The maximum atomic E-state index is 13.0. The van der Waals surface area contributed by atoms with Gasteiger partial charge in [0.2, 0.25) is 0 Å². The third-order valence-corrected chi connectivity index (χ3v) is 6.48. The quantitative estimate of drug-likeness (QED) is 0.457. The Morgan fingerprint density at radius 2 is 1.83 bits per heavy atom. The molecule has 2 aromatic heterocycles. The number of hydrogen-bond acceptors (Lipinski definition) is 5. The summed E-state index contributed by atoms with van der Waals surface area (Å²) in [6.07, 6.45) is 1.60. The molecule has 0 radical (unpaired) electrons. The van der Waals surface area contributed by atoms with E-state index in [1.54, 1.807) is 48.9 Å². The molecule has 11 heteroatoms. The van der Waals surface area contributed by atoms with Crippen molar-refractivity contribution in [1.29, 1.82) is 0 Å². The van der Waals surface area contributed by atoms with E-state index in [-0.39, 0.29) is 10.6 Å². The van der Waals surface area contributed by atoms with Crippen molar-refractivity contribution in [2.45, 2.75) is 18.7 Å². The van der Waals surface area contributed by atoms with E-state index in [0.29, 0.717) is 38.6 Å². The van der Waals surface area contributed by atoms with Crippen LogP contribution in [0.2, 0.25) is 10.0 Å². The first-order chi connectivity index (χ1) is 14.3. The number of H-pyrrole nitrogens is 1. The van der Waals surface area contributed by atoms with E-state index in [1.807, 2.05) is 0 Å². The van der Waals surface area contributed by atoms with Crippen molar-refractivity contribution in [3.63, 3.8) is 0 Å². The number of sulfonamides is 1. The lowest BCUT2D eigenvalue weighted by atomic mass is 10.1. The fourth-order valence-electron chi connectivity index (χ4n) is 2.98. The topological polar surface area (TPSA) is 106 Å². The predicted octanol–water partition coefficient (Wildman–Crippen LogP) is 4.38. The number of nitrogens with zero attached hydrogens (tertiary/aromatic N) is 4. The number of nitrogens with one attached hydrogen (secondary N) is 2. The van der Waals surface area contributed by atoms with Gasteiger partial charge in [-0.1, -0.05) is 23.2 Å². The van der Waals surface area contributed by atoms with E-state index in [9.17, 15) is 8.42 Å². The van der Waals surface area contributed by atoms with Crippen LogP contribution in [0.1, 0.15) is 11.4 Å². The summed E-state index contributed by atoms with van der Waals surface area (Å²) in [5.74, 6) is 1.68. The highest BCUT2D eigenvalue weighted by Crippen LogP contribution is 2.33. The fraction of sp³-hybridized carbons (Fsp3) is 0.105. The van der Waals surface area contributed by atoms with Crippen molar-refractivity contribution < 1.29 is 8.42 Å². The monoisotopic (exact) mass is 462 g/mol. The second kappa shape index (κ2) is 7.75. The summed E-state index contributed by atoms with van der Waals surface area (Å²) >= 11 is 12.2. The Morgan fingerprint density at radius 1 is 1.03 bits per heavy atom. The van der Waals surface area contributed by atoms with E-state index >= 15 is 0 Å². The zero-order valence-electron chi connectivity index (χ0n) is 15.9.